The number of aryl methyl sites for hydroxylation is 4. The third-order valence-corrected chi connectivity index (χ3v) is 7.28. The number of allylic oxidation sites excluding steroid dienone is 2. The van der Waals surface area contributed by atoms with Gasteiger partial charge in [0.25, 0.3) is 0 Å². The number of carboxylic acid groups (broad SMARTS) is 2. The molecule has 0 radical (unpaired) electrons. The second-order valence-corrected chi connectivity index (χ2v) is 9.61. The fraction of sp³-hybridized carbons (Fsp3) is 0.300. The van der Waals surface area contributed by atoms with Gasteiger partial charge >= 0.3 is 11.9 Å². The summed E-state index contributed by atoms with van der Waals surface area (Å²) in [6.07, 6.45) is 3.78. The summed E-state index contributed by atoms with van der Waals surface area (Å²) in [7, 11) is 1.91. The van der Waals surface area contributed by atoms with E-state index in [2.05, 4.69) is 5.10 Å². The van der Waals surface area contributed by atoms with Crippen molar-refractivity contribution < 1.29 is 24.5 Å². The summed E-state index contributed by atoms with van der Waals surface area (Å²) in [5.41, 5.74) is 5.35. The van der Waals surface area contributed by atoms with Crippen molar-refractivity contribution in [3.05, 3.63) is 93.7 Å². The molecule has 0 fully saturated rings. The van der Waals surface area contributed by atoms with Gasteiger partial charge in [0.05, 0.1) is 5.69 Å². The Labute approximate surface area is 216 Å². The molecule has 1 unspecified atom stereocenters. The molecule has 1 aliphatic rings. The molecule has 0 amide bonds. The molecule has 7 heteroatoms. The summed E-state index contributed by atoms with van der Waals surface area (Å²) in [6.45, 7) is 7.84. The zero-order chi connectivity index (χ0) is 26.9. The Morgan fingerprint density at radius 3 is 2.46 bits per heavy atom. The number of rotatable bonds is 8. The van der Waals surface area contributed by atoms with Gasteiger partial charge in [0.2, 0.25) is 0 Å². The largest absolute Gasteiger partial charge is 0.489 e. The average Bonchev–Trinajstić information content (AvgIpc) is 3.21. The van der Waals surface area contributed by atoms with Crippen molar-refractivity contribution in [2.24, 2.45) is 7.05 Å². The number of aromatic nitrogens is 2. The van der Waals surface area contributed by atoms with Crippen LogP contribution in [0.2, 0.25) is 0 Å². The lowest BCUT2D eigenvalue weighted by Crippen LogP contribution is -2.38. The second-order valence-electron chi connectivity index (χ2n) is 9.61. The van der Waals surface area contributed by atoms with Crippen molar-refractivity contribution in [3.63, 3.8) is 0 Å². The van der Waals surface area contributed by atoms with Crippen LogP contribution in [0.15, 0.2) is 65.8 Å². The van der Waals surface area contributed by atoms with Crippen molar-refractivity contribution in [1.82, 2.24) is 9.78 Å². The van der Waals surface area contributed by atoms with E-state index in [0.29, 0.717) is 23.3 Å². The highest BCUT2D eigenvalue weighted by molar-refractivity contribution is 5.94. The molecule has 37 heavy (non-hydrogen) atoms. The highest BCUT2D eigenvalue weighted by Gasteiger charge is 2.44. The molecule has 1 aliphatic carbocycles. The predicted octanol–water partition coefficient (Wildman–Crippen LogP) is 5.53. The summed E-state index contributed by atoms with van der Waals surface area (Å²) in [6, 6.07) is 13.5. The molecule has 4 rings (SSSR count). The standard InChI is InChI=1S/C30H32N2O5/c1-6-21-8-7-9-25(30(29(35)36)13-12-18(2)23(16-30)28(33)34)24(21)17-37-27-11-10-22(14-19(27)3)26-15-20(4)32(5)31-26/h7-15H,6,16-17H2,1-5H3,(H,33,34)(H,35,36). The van der Waals surface area contributed by atoms with Crippen molar-refractivity contribution in [2.75, 3.05) is 0 Å². The van der Waals surface area contributed by atoms with E-state index in [-0.39, 0.29) is 18.6 Å². The third kappa shape index (κ3) is 4.81. The van der Waals surface area contributed by atoms with Crippen LogP contribution in [0, 0.1) is 13.8 Å². The Hall–Kier alpha value is -4.13. The number of benzene rings is 2. The fourth-order valence-electron chi connectivity index (χ4n) is 4.91. The Bertz CT molecular complexity index is 1430. The summed E-state index contributed by atoms with van der Waals surface area (Å²) in [5.74, 6) is -1.50. The van der Waals surface area contributed by atoms with E-state index in [1.807, 2.05) is 68.9 Å². The van der Waals surface area contributed by atoms with Crippen LogP contribution >= 0.6 is 0 Å². The molecule has 2 aromatic carbocycles. The summed E-state index contributed by atoms with van der Waals surface area (Å²) in [4.78, 5) is 24.6. The maximum absolute atomic E-state index is 12.7. The first-order valence-corrected chi connectivity index (χ1v) is 12.3. The highest BCUT2D eigenvalue weighted by atomic mass is 16.5. The minimum Gasteiger partial charge on any atom is -0.489 e. The van der Waals surface area contributed by atoms with Gasteiger partial charge in [0, 0.05) is 30.3 Å². The van der Waals surface area contributed by atoms with Gasteiger partial charge in [-0.15, -0.1) is 0 Å². The van der Waals surface area contributed by atoms with Crippen molar-refractivity contribution >= 4 is 11.9 Å². The van der Waals surface area contributed by atoms with Crippen LogP contribution < -0.4 is 4.74 Å². The van der Waals surface area contributed by atoms with Gasteiger partial charge in [-0.25, -0.2) is 4.79 Å². The van der Waals surface area contributed by atoms with Crippen LogP contribution in [-0.2, 0) is 35.1 Å². The van der Waals surface area contributed by atoms with Gasteiger partial charge in [-0.3, -0.25) is 9.48 Å². The molecule has 1 aromatic heterocycles. The lowest BCUT2D eigenvalue weighted by Gasteiger charge is -2.33. The monoisotopic (exact) mass is 500 g/mol. The Morgan fingerprint density at radius 2 is 1.86 bits per heavy atom. The zero-order valence-corrected chi connectivity index (χ0v) is 21.8. The molecular weight excluding hydrogens is 468 g/mol. The summed E-state index contributed by atoms with van der Waals surface area (Å²) >= 11 is 0. The first kappa shape index (κ1) is 25.9. The maximum atomic E-state index is 12.7. The highest BCUT2D eigenvalue weighted by Crippen LogP contribution is 2.41. The van der Waals surface area contributed by atoms with E-state index >= 15 is 0 Å². The number of carbonyl (C=O) groups is 2. The number of nitrogens with zero attached hydrogens (tertiary/aromatic N) is 2. The van der Waals surface area contributed by atoms with Gasteiger partial charge in [-0.1, -0.05) is 37.3 Å². The van der Waals surface area contributed by atoms with E-state index in [1.165, 1.54) is 0 Å². The second kappa shape index (κ2) is 10.1. The molecule has 3 aromatic rings. The Morgan fingerprint density at radius 1 is 1.11 bits per heavy atom. The number of hydrogen-bond donors (Lipinski definition) is 2. The molecule has 1 heterocycles. The molecule has 2 N–H and O–H groups in total. The van der Waals surface area contributed by atoms with Gasteiger partial charge in [0.15, 0.2) is 0 Å². The predicted molar refractivity (Wildman–Crippen MR) is 142 cm³/mol. The molecular formula is C30H32N2O5. The Kier molecular flexibility index (Phi) is 7.07. The van der Waals surface area contributed by atoms with Gasteiger partial charge in [-0.05, 0) is 79.3 Å². The van der Waals surface area contributed by atoms with E-state index in [4.69, 9.17) is 4.74 Å². The zero-order valence-electron chi connectivity index (χ0n) is 21.8. The van der Waals surface area contributed by atoms with Crippen LogP contribution in [0.4, 0.5) is 0 Å². The van der Waals surface area contributed by atoms with Crippen LogP contribution in [-0.4, -0.2) is 31.9 Å². The molecule has 7 nitrogen and oxygen atoms in total. The van der Waals surface area contributed by atoms with Crippen molar-refractivity contribution in [1.29, 1.82) is 0 Å². The van der Waals surface area contributed by atoms with E-state index < -0.39 is 17.4 Å². The SMILES string of the molecule is CCc1cccc(C2(C(=O)O)C=CC(C)=C(C(=O)O)C2)c1COc1ccc(-c2cc(C)n(C)n2)cc1C. The molecule has 0 saturated heterocycles. The first-order valence-electron chi connectivity index (χ1n) is 12.3. The fourth-order valence-corrected chi connectivity index (χ4v) is 4.91. The molecule has 0 bridgehead atoms. The van der Waals surface area contributed by atoms with Gasteiger partial charge < -0.3 is 14.9 Å². The topological polar surface area (TPSA) is 102 Å². The van der Waals surface area contributed by atoms with Gasteiger partial charge in [0.1, 0.15) is 17.8 Å². The molecule has 0 saturated carbocycles. The quantitative estimate of drug-likeness (QED) is 0.422. The van der Waals surface area contributed by atoms with E-state index in [1.54, 1.807) is 25.1 Å². The number of hydrogen-bond acceptors (Lipinski definition) is 4. The maximum Gasteiger partial charge on any atom is 0.331 e. The van der Waals surface area contributed by atoms with Crippen molar-refractivity contribution in [3.8, 4) is 17.0 Å². The summed E-state index contributed by atoms with van der Waals surface area (Å²) < 4.78 is 8.10. The number of ether oxygens (including phenoxy) is 1. The van der Waals surface area contributed by atoms with E-state index in [0.717, 1.165) is 33.6 Å². The average molecular weight is 501 g/mol. The minimum atomic E-state index is -1.49. The molecule has 0 spiro atoms. The molecule has 0 aliphatic heterocycles. The molecule has 1 atom stereocenters. The lowest BCUT2D eigenvalue weighted by atomic mass is 9.69. The third-order valence-electron chi connectivity index (χ3n) is 7.28. The lowest BCUT2D eigenvalue weighted by molar-refractivity contribution is -0.142. The van der Waals surface area contributed by atoms with Crippen molar-refractivity contribution in [2.45, 2.75) is 52.6 Å². The van der Waals surface area contributed by atoms with Gasteiger partial charge in [-0.2, -0.15) is 5.10 Å². The smallest absolute Gasteiger partial charge is 0.331 e. The Balaban J connectivity index is 1.70. The van der Waals surface area contributed by atoms with Crippen LogP contribution in [0.5, 0.6) is 5.75 Å². The number of aliphatic carboxylic acids is 2. The first-order chi connectivity index (χ1) is 17.6. The van der Waals surface area contributed by atoms with Crippen LogP contribution in [0.3, 0.4) is 0 Å². The minimum absolute atomic E-state index is 0.106. The normalized spacial score (nSPS) is 17.2. The summed E-state index contributed by atoms with van der Waals surface area (Å²) in [5, 5.41) is 24.7. The number of carboxylic acids is 2. The van der Waals surface area contributed by atoms with E-state index in [9.17, 15) is 19.8 Å². The van der Waals surface area contributed by atoms with Crippen LogP contribution in [0.1, 0.15) is 48.2 Å². The molecule has 192 valence electrons. The van der Waals surface area contributed by atoms with Crippen LogP contribution in [0.25, 0.3) is 11.3 Å².